The summed E-state index contributed by atoms with van der Waals surface area (Å²) in [5, 5.41) is 31.5. The van der Waals surface area contributed by atoms with E-state index in [9.17, 15) is 37.8 Å². The van der Waals surface area contributed by atoms with Crippen LogP contribution in [0.4, 0.5) is 13.2 Å². The average molecular weight is 602 g/mol. The van der Waals surface area contributed by atoms with E-state index in [0.717, 1.165) is 11.0 Å². The van der Waals surface area contributed by atoms with E-state index in [-0.39, 0.29) is 66.4 Å². The maximum Gasteiger partial charge on any atom is 0.417 e. The monoisotopic (exact) mass is 601 g/mol. The highest BCUT2D eigenvalue weighted by Crippen LogP contribution is 2.42. The second-order valence-electron chi connectivity index (χ2n) is 10.9. The van der Waals surface area contributed by atoms with Gasteiger partial charge in [-0.15, -0.1) is 0 Å². The Kier molecular flexibility index (Phi) is 6.39. The van der Waals surface area contributed by atoms with Crippen LogP contribution in [0.3, 0.4) is 0 Å². The Bertz CT molecular complexity index is 1580. The first kappa shape index (κ1) is 28.4. The third-order valence-electron chi connectivity index (χ3n) is 8.40. The Labute approximate surface area is 242 Å². The van der Waals surface area contributed by atoms with Crippen molar-refractivity contribution >= 4 is 29.6 Å². The molecule has 2 saturated heterocycles. The second-order valence-corrected chi connectivity index (χ2v) is 10.9. The predicted molar refractivity (Wildman–Crippen MR) is 144 cm³/mol. The molecule has 9 N–H and O–H groups in total. The Morgan fingerprint density at radius 3 is 2.40 bits per heavy atom. The number of alkyl halides is 3. The number of rotatable bonds is 5. The lowest BCUT2D eigenvalue weighted by Gasteiger charge is -2.44. The summed E-state index contributed by atoms with van der Waals surface area (Å²) in [6, 6.07) is 7.17. The van der Waals surface area contributed by atoms with Crippen molar-refractivity contribution in [2.24, 2.45) is 16.5 Å². The number of nitrogens with two attached hydrogens (primary N) is 2. The predicted octanol–water partition coefficient (Wildman–Crippen LogP) is -1.40. The fourth-order valence-corrected chi connectivity index (χ4v) is 6.36. The molecule has 16 heteroatoms. The maximum absolute atomic E-state index is 13.5. The van der Waals surface area contributed by atoms with E-state index in [1.54, 1.807) is 0 Å². The van der Waals surface area contributed by atoms with Gasteiger partial charge in [-0.05, 0) is 29.3 Å². The summed E-state index contributed by atoms with van der Waals surface area (Å²) in [6.07, 6.45) is -4.45. The maximum atomic E-state index is 13.5. The van der Waals surface area contributed by atoms with Gasteiger partial charge in [0, 0.05) is 18.4 Å². The largest absolute Gasteiger partial charge is 0.417 e. The molecule has 4 heterocycles. The summed E-state index contributed by atoms with van der Waals surface area (Å²) in [5.41, 5.74) is 9.81. The number of aliphatic hydroxyl groups is 2. The molecule has 6 rings (SSSR count). The van der Waals surface area contributed by atoms with Gasteiger partial charge in [0.15, 0.2) is 5.96 Å². The fourth-order valence-electron chi connectivity index (χ4n) is 6.36. The van der Waals surface area contributed by atoms with E-state index < -0.39 is 47.2 Å². The van der Waals surface area contributed by atoms with E-state index in [0.29, 0.717) is 0 Å². The van der Waals surface area contributed by atoms with E-state index in [1.807, 2.05) is 0 Å². The molecule has 0 bridgehead atoms. The molecule has 43 heavy (non-hydrogen) atoms. The summed E-state index contributed by atoms with van der Waals surface area (Å²) in [5.74, 6) is -4.42. The average Bonchev–Trinajstić information content (AvgIpc) is 3.55. The van der Waals surface area contributed by atoms with Crippen molar-refractivity contribution in [2.75, 3.05) is 13.1 Å². The van der Waals surface area contributed by atoms with Crippen molar-refractivity contribution in [3.05, 3.63) is 59.7 Å². The molecule has 13 nitrogen and oxygen atoms in total. The highest BCUT2D eigenvalue weighted by molar-refractivity contribution is 6.02. The molecule has 1 spiro atoms. The smallest absolute Gasteiger partial charge is 0.370 e. The number of hydrogen-bond acceptors (Lipinski definition) is 10. The van der Waals surface area contributed by atoms with E-state index >= 15 is 0 Å². The number of benzene rings is 2. The Morgan fingerprint density at radius 1 is 1.09 bits per heavy atom. The summed E-state index contributed by atoms with van der Waals surface area (Å²) in [4.78, 5) is 43.2. The molecule has 2 aromatic carbocycles. The standard InChI is InChI=1S/C27H27F3N8O5/c28-27(29,30)16-4-2-1-3-15(16)13-5-7-14(8-6-13)22(41)34-18-12-38-24(32)33-17(11-37-19(39)9-10-20(37)40)21-25(38,26(18,42)43)36-23(31)35-21/h1-8,17-18,21,42-43H,9-12H2,(H6,31,32,33,34,35,36,41)/p+1/t17-,18?,21-,25-/m0/s1. The molecule has 1 unspecified atom stereocenters. The fraction of sp³-hybridized carbons (Fsp3) is 0.370. The molecule has 4 atom stereocenters. The van der Waals surface area contributed by atoms with Crippen LogP contribution in [-0.2, 0) is 15.8 Å². The third-order valence-corrected chi connectivity index (χ3v) is 8.40. The van der Waals surface area contributed by atoms with Gasteiger partial charge in [-0.2, -0.15) is 13.2 Å². The number of guanidine groups is 2. The van der Waals surface area contributed by atoms with Crippen LogP contribution in [0, 0.1) is 0 Å². The Morgan fingerprint density at radius 2 is 1.74 bits per heavy atom. The van der Waals surface area contributed by atoms with Crippen molar-refractivity contribution in [3.63, 3.8) is 0 Å². The SMILES string of the molecule is NC1=N[C@H]2[C@H](CN3C(=O)CCC3=O)NC(N)=[N+]3CC(NC(=O)c4ccc(-c5ccccc5C(F)(F)F)cc4)C(O)(O)[C@]23N1. The normalized spacial score (nSPS) is 27.8. The van der Waals surface area contributed by atoms with Crippen LogP contribution in [0.15, 0.2) is 53.5 Å². The van der Waals surface area contributed by atoms with Crippen molar-refractivity contribution in [1.29, 1.82) is 0 Å². The Balaban J connectivity index is 1.25. The zero-order valence-corrected chi connectivity index (χ0v) is 22.4. The van der Waals surface area contributed by atoms with Crippen molar-refractivity contribution < 1.29 is 42.3 Å². The number of nitrogens with zero attached hydrogens (tertiary/aromatic N) is 3. The summed E-state index contributed by atoms with van der Waals surface area (Å²) in [6.45, 7) is -0.372. The molecule has 0 aliphatic carbocycles. The molecular formula is C27H28F3N8O5+. The van der Waals surface area contributed by atoms with E-state index in [4.69, 9.17) is 11.5 Å². The summed E-state index contributed by atoms with van der Waals surface area (Å²) < 4.78 is 41.8. The number of likely N-dealkylation sites (tertiary alicyclic amines) is 1. The van der Waals surface area contributed by atoms with Crippen molar-refractivity contribution in [1.82, 2.24) is 20.9 Å². The second kappa shape index (κ2) is 9.67. The molecule has 0 aromatic heterocycles. The van der Waals surface area contributed by atoms with Gasteiger partial charge < -0.3 is 26.6 Å². The number of carbonyl (C=O) groups excluding carboxylic acids is 3. The van der Waals surface area contributed by atoms with Gasteiger partial charge in [-0.3, -0.25) is 30.3 Å². The molecule has 4 aliphatic rings. The zero-order valence-electron chi connectivity index (χ0n) is 22.4. The van der Waals surface area contributed by atoms with Gasteiger partial charge in [-0.25, -0.2) is 9.57 Å². The van der Waals surface area contributed by atoms with Crippen molar-refractivity contribution in [2.45, 2.75) is 48.6 Å². The topological polar surface area (TPSA) is 198 Å². The number of amides is 3. The number of hydrogen-bond donors (Lipinski definition) is 7. The number of halogens is 3. The van der Waals surface area contributed by atoms with Crippen LogP contribution in [-0.4, -0.2) is 92.0 Å². The first-order chi connectivity index (χ1) is 20.2. The van der Waals surface area contributed by atoms with Crippen LogP contribution >= 0.6 is 0 Å². The molecule has 4 aliphatic heterocycles. The zero-order chi connectivity index (χ0) is 30.9. The molecule has 2 fully saturated rings. The van der Waals surface area contributed by atoms with Gasteiger partial charge in [0.05, 0.1) is 18.7 Å². The van der Waals surface area contributed by atoms with Crippen molar-refractivity contribution in [3.8, 4) is 11.1 Å². The molecule has 226 valence electrons. The molecular weight excluding hydrogens is 573 g/mol. The van der Waals surface area contributed by atoms with Gasteiger partial charge >= 0.3 is 12.1 Å². The first-order valence-electron chi connectivity index (χ1n) is 13.4. The number of carbonyl (C=O) groups is 3. The number of aliphatic imine (C=N–C) groups is 1. The number of nitrogens with one attached hydrogen (secondary N) is 3. The Hall–Kier alpha value is -4.70. The van der Waals surface area contributed by atoms with E-state index in [1.165, 1.54) is 47.0 Å². The molecule has 0 saturated carbocycles. The molecule has 0 radical (unpaired) electrons. The molecule has 2 aromatic rings. The number of imide groups is 1. The lowest BCUT2D eigenvalue weighted by Crippen LogP contribution is -2.79. The van der Waals surface area contributed by atoms with E-state index in [2.05, 4.69) is 20.9 Å². The quantitative estimate of drug-likeness (QED) is 0.122. The lowest BCUT2D eigenvalue weighted by atomic mass is 9.85. The van der Waals surface area contributed by atoms with Crippen LogP contribution in [0.1, 0.15) is 28.8 Å². The summed E-state index contributed by atoms with van der Waals surface area (Å²) in [7, 11) is 0. The minimum Gasteiger partial charge on any atom is -0.370 e. The lowest BCUT2D eigenvalue weighted by molar-refractivity contribution is -0.623. The van der Waals surface area contributed by atoms with Crippen LogP contribution in [0.25, 0.3) is 11.1 Å². The van der Waals surface area contributed by atoms with Gasteiger partial charge in [-0.1, -0.05) is 30.3 Å². The minimum absolute atomic E-state index is 0.0327. The highest BCUT2D eigenvalue weighted by atomic mass is 19.4. The molecule has 3 amide bonds. The minimum atomic E-state index is -4.57. The first-order valence-corrected chi connectivity index (χ1v) is 13.4. The van der Waals surface area contributed by atoms with Crippen LogP contribution < -0.4 is 27.4 Å². The van der Waals surface area contributed by atoms with Crippen LogP contribution in [0.5, 0.6) is 0 Å². The highest BCUT2D eigenvalue weighted by Gasteiger charge is 2.75. The van der Waals surface area contributed by atoms with Gasteiger partial charge in [0.1, 0.15) is 18.1 Å². The van der Waals surface area contributed by atoms with Gasteiger partial charge in [0.25, 0.3) is 5.91 Å². The third kappa shape index (κ3) is 4.36. The summed E-state index contributed by atoms with van der Waals surface area (Å²) >= 11 is 0. The van der Waals surface area contributed by atoms with Gasteiger partial charge in [0.2, 0.25) is 23.3 Å². The van der Waals surface area contributed by atoms with Crippen LogP contribution in [0.2, 0.25) is 0 Å².